The molecule has 0 unspecified atom stereocenters. The fraction of sp³-hybridized carbons (Fsp3) is 0.429. The Balaban J connectivity index is 1.44. The molecule has 1 saturated carbocycles. The zero-order valence-electron chi connectivity index (χ0n) is 30.5. The number of nitrogens with two attached hydrogens (primary N) is 1. The van der Waals surface area contributed by atoms with Crippen molar-refractivity contribution in [1.82, 2.24) is 28.9 Å². The summed E-state index contributed by atoms with van der Waals surface area (Å²) in [7, 11) is -3.77. The van der Waals surface area contributed by atoms with Crippen molar-refractivity contribution in [2.24, 2.45) is 21.6 Å². The van der Waals surface area contributed by atoms with Crippen molar-refractivity contribution in [2.75, 3.05) is 12.9 Å². The Bertz CT molecular complexity index is 2380. The second-order valence-corrected chi connectivity index (χ2v) is 16.9. The number of esters is 1. The fourth-order valence-electron chi connectivity index (χ4n) is 6.63. The molecule has 4 aromatic rings. The van der Waals surface area contributed by atoms with Gasteiger partial charge in [0.2, 0.25) is 0 Å². The van der Waals surface area contributed by atoms with Gasteiger partial charge in [-0.3, -0.25) is 14.5 Å². The first-order valence-corrected chi connectivity index (χ1v) is 19.3. The van der Waals surface area contributed by atoms with E-state index < -0.39 is 94.3 Å². The van der Waals surface area contributed by atoms with E-state index in [1.54, 1.807) is 0 Å². The van der Waals surface area contributed by atoms with Crippen molar-refractivity contribution in [2.45, 2.75) is 69.9 Å². The minimum absolute atomic E-state index is 0.0736. The summed E-state index contributed by atoms with van der Waals surface area (Å²) in [5.74, 6) is -4.00. The van der Waals surface area contributed by atoms with Gasteiger partial charge in [0.05, 0.1) is 52.7 Å². The summed E-state index contributed by atoms with van der Waals surface area (Å²) < 4.78 is 143. The molecule has 2 aliphatic rings. The molecule has 0 spiro atoms. The van der Waals surface area contributed by atoms with Crippen LogP contribution in [0.4, 0.5) is 35.1 Å². The Hall–Kier alpha value is -5.12. The number of benzene rings is 2. The highest BCUT2D eigenvalue weighted by atomic mass is 35.5. The lowest BCUT2D eigenvalue weighted by atomic mass is 9.74. The molecule has 1 aliphatic carbocycles. The summed E-state index contributed by atoms with van der Waals surface area (Å²) >= 11 is 6.36. The molecule has 2 aromatic heterocycles. The van der Waals surface area contributed by atoms with Gasteiger partial charge in [-0.1, -0.05) is 55.8 Å². The molecule has 2 atom stereocenters. The van der Waals surface area contributed by atoms with Gasteiger partial charge in [0, 0.05) is 5.56 Å². The molecule has 1 amide bonds. The van der Waals surface area contributed by atoms with Gasteiger partial charge in [-0.05, 0) is 48.1 Å². The van der Waals surface area contributed by atoms with Crippen LogP contribution in [-0.4, -0.2) is 80.3 Å². The number of hydrogen-bond donors (Lipinski definition) is 1. The average Bonchev–Trinajstić information content (AvgIpc) is 3.43. The van der Waals surface area contributed by atoms with E-state index in [-0.39, 0.29) is 34.7 Å². The Kier molecular flexibility index (Phi) is 10.7. The van der Waals surface area contributed by atoms with Crippen molar-refractivity contribution in [1.29, 1.82) is 0 Å². The molecule has 6 rings (SSSR count). The van der Waals surface area contributed by atoms with Crippen LogP contribution in [0.25, 0.3) is 16.8 Å². The number of hydrogen-bond acceptors (Lipinski definition) is 10. The first-order chi connectivity index (χ1) is 26.8. The van der Waals surface area contributed by atoms with Crippen molar-refractivity contribution >= 4 is 39.5 Å². The first kappa shape index (κ1) is 42.5. The van der Waals surface area contributed by atoms with Crippen LogP contribution in [0.3, 0.4) is 0 Å². The van der Waals surface area contributed by atoms with E-state index >= 15 is 0 Å². The normalized spacial score (nSPS) is 19.1. The zero-order valence-corrected chi connectivity index (χ0v) is 32.1. The highest BCUT2D eigenvalue weighted by molar-refractivity contribution is 7.89. The molecule has 312 valence electrons. The van der Waals surface area contributed by atoms with E-state index in [1.807, 2.05) is 0 Å². The molecule has 0 radical (unpaired) electrons. The van der Waals surface area contributed by atoms with Crippen LogP contribution < -0.4 is 5.73 Å². The number of nitrogens with zero attached hydrogens (tertiary/aromatic N) is 7. The van der Waals surface area contributed by atoms with Crippen LogP contribution in [0.1, 0.15) is 68.9 Å². The summed E-state index contributed by atoms with van der Waals surface area (Å²) in [5.41, 5.74) is -0.740. The van der Waals surface area contributed by atoms with E-state index in [2.05, 4.69) is 20.2 Å². The number of guanidine groups is 1. The molecule has 2 N–H and O–H groups in total. The Morgan fingerprint density at radius 2 is 1.67 bits per heavy atom. The number of ether oxygens (including phenoxy) is 1. The predicted molar refractivity (Wildman–Crippen MR) is 190 cm³/mol. The van der Waals surface area contributed by atoms with Crippen molar-refractivity contribution in [3.8, 4) is 16.8 Å². The maximum Gasteiger partial charge on any atom is 0.395 e. The molecule has 0 saturated heterocycles. The van der Waals surface area contributed by atoms with E-state index in [4.69, 9.17) is 22.1 Å². The number of aromatic nitrogens is 5. The number of rotatable bonds is 13. The van der Waals surface area contributed by atoms with Crippen LogP contribution in [-0.2, 0) is 29.9 Å². The van der Waals surface area contributed by atoms with Gasteiger partial charge >= 0.3 is 18.3 Å². The maximum atomic E-state index is 14.9. The highest BCUT2D eigenvalue weighted by Crippen LogP contribution is 2.60. The van der Waals surface area contributed by atoms with Crippen LogP contribution in [0, 0.1) is 10.8 Å². The summed E-state index contributed by atoms with van der Waals surface area (Å²) in [6.07, 6.45) is -11.4. The maximum absolute atomic E-state index is 14.9. The predicted octanol–water partition coefficient (Wildman–Crippen LogP) is 6.88. The van der Waals surface area contributed by atoms with E-state index in [0.717, 1.165) is 37.4 Å². The van der Waals surface area contributed by atoms with Gasteiger partial charge in [-0.15, -0.1) is 0 Å². The second kappa shape index (κ2) is 14.6. The Labute approximate surface area is 329 Å². The minimum atomic E-state index is -4.91. The van der Waals surface area contributed by atoms with Crippen molar-refractivity contribution in [3.05, 3.63) is 83.2 Å². The lowest BCUT2D eigenvalue weighted by Crippen LogP contribution is -2.49. The summed E-state index contributed by atoms with van der Waals surface area (Å²) in [6.45, 7) is 0.751. The third-order valence-corrected chi connectivity index (χ3v) is 11.4. The topological polar surface area (TPSA) is 168 Å². The quantitative estimate of drug-likeness (QED) is 0.111. The van der Waals surface area contributed by atoms with E-state index in [9.17, 15) is 53.1 Å². The molecule has 1 aliphatic heterocycles. The number of amides is 1. The van der Waals surface area contributed by atoms with Gasteiger partial charge in [0.15, 0.2) is 17.3 Å². The zero-order chi connectivity index (χ0) is 42.8. The van der Waals surface area contributed by atoms with Crippen LogP contribution in [0.15, 0.2) is 66.2 Å². The van der Waals surface area contributed by atoms with Gasteiger partial charge in [-0.25, -0.2) is 31.9 Å². The van der Waals surface area contributed by atoms with Crippen LogP contribution in [0.5, 0.6) is 0 Å². The van der Waals surface area contributed by atoms with Crippen molar-refractivity contribution < 1.29 is 57.9 Å². The van der Waals surface area contributed by atoms with Crippen molar-refractivity contribution in [3.63, 3.8) is 0 Å². The number of carbonyl (C=O) groups is 2. The second-order valence-electron chi connectivity index (χ2n) is 14.7. The first-order valence-electron chi connectivity index (χ1n) is 17.1. The van der Waals surface area contributed by atoms with Crippen LogP contribution >= 0.6 is 11.6 Å². The smallest absolute Gasteiger partial charge is 0.395 e. The molecule has 2 aromatic carbocycles. The minimum Gasteiger partial charge on any atom is -0.463 e. The molecular weight excluding hydrogens is 832 g/mol. The van der Waals surface area contributed by atoms with E-state index in [0.29, 0.717) is 19.9 Å². The summed E-state index contributed by atoms with van der Waals surface area (Å²) in [4.78, 5) is 36.4. The molecule has 0 bridgehead atoms. The van der Waals surface area contributed by atoms with Gasteiger partial charge in [-0.2, -0.15) is 40.6 Å². The molecule has 3 heterocycles. The number of alkyl halides is 8. The third-order valence-electron chi connectivity index (χ3n) is 10.2. The number of carbonyl (C=O) groups excluding carboxylic acids is 2. The summed E-state index contributed by atoms with van der Waals surface area (Å²) in [6, 6.07) is 7.32. The summed E-state index contributed by atoms with van der Waals surface area (Å²) in [5, 5.41) is 7.42. The average molecular weight is 865 g/mol. The lowest BCUT2D eigenvalue weighted by molar-refractivity contribution is -0.218. The van der Waals surface area contributed by atoms with Gasteiger partial charge in [0.25, 0.3) is 22.4 Å². The lowest BCUT2D eigenvalue weighted by Gasteiger charge is -2.37. The Morgan fingerprint density at radius 1 is 1.02 bits per heavy atom. The van der Waals surface area contributed by atoms with Crippen LogP contribution in [0.2, 0.25) is 5.02 Å². The molecule has 1 fully saturated rings. The highest BCUT2D eigenvalue weighted by Gasteiger charge is 2.64. The fourth-order valence-corrected chi connectivity index (χ4v) is 7.36. The van der Waals surface area contributed by atoms with E-state index in [1.165, 1.54) is 48.8 Å². The Morgan fingerprint density at radius 3 is 2.22 bits per heavy atom. The SMILES string of the molecule is CC(C)(C[C@]1(c2ccc(-c3cnn(S(C)(=O)=O)c3)cc2)N=C(N)N([C@H](COC(=O)CC2(C(F)(F)F)CC2)c2ccc(Cl)c(-n3ncnc3C(F)F)c2)C1=O)C(F)(F)F. The monoisotopic (exact) mass is 864 g/mol. The largest absolute Gasteiger partial charge is 0.463 e. The van der Waals surface area contributed by atoms with Gasteiger partial charge < -0.3 is 10.5 Å². The van der Waals surface area contributed by atoms with Gasteiger partial charge in [0.1, 0.15) is 12.9 Å². The third kappa shape index (κ3) is 7.86. The standard InChI is InChI=1S/C35H33ClF8N8O5S/c1-31(2,34(39,40)41)17-33(22-7-4-19(5-8-22)21-14-47-50(15-21)58(3,55)56)29(54)51(30(45)49-33)25(16-57-26(53)13-32(10-11-32)35(42,43)44)20-6-9-23(36)24(12-20)52-28(27(37)38)46-18-48-52/h4-9,12,14-15,18,25,27H,10-11,13,16-17H2,1-3H3,(H2,45,49)/t25-,33-/m1/s1. The number of aliphatic imine (C=N–C) groups is 1. The molecule has 13 nitrogen and oxygen atoms in total. The molecule has 58 heavy (non-hydrogen) atoms. The molecule has 23 heteroatoms. The molecular formula is C35H33ClF8N8O5S. The number of halogens is 9.